The molecule has 32 heavy (non-hydrogen) atoms. The van der Waals surface area contributed by atoms with Gasteiger partial charge in [0.15, 0.2) is 0 Å². The number of aromatic nitrogens is 2. The maximum atomic E-state index is 12.9. The fraction of sp³-hybridized carbons (Fsp3) is 0.375. The van der Waals surface area contributed by atoms with Gasteiger partial charge in [-0.05, 0) is 24.3 Å². The molecule has 2 aliphatic rings. The fourth-order valence-corrected chi connectivity index (χ4v) is 4.49. The lowest BCUT2D eigenvalue weighted by atomic mass is 10.2. The molecule has 0 radical (unpaired) electrons. The standard InChI is InChI=1S/C24H28N6O2/c31-23(29-15-13-28(14-16-29)22-7-3-4-8-25-22)18-27-9-11-30(12-10-27)24(32)21-17-19-5-1-2-6-20(19)26-21/h1-8,17,26H,9-16,18H2. The topological polar surface area (TPSA) is 75.8 Å². The summed E-state index contributed by atoms with van der Waals surface area (Å²) >= 11 is 0. The number of H-pyrrole nitrogens is 1. The molecule has 166 valence electrons. The van der Waals surface area contributed by atoms with Crippen molar-refractivity contribution in [3.05, 3.63) is 60.4 Å². The maximum Gasteiger partial charge on any atom is 0.270 e. The number of hydrogen-bond donors (Lipinski definition) is 1. The normalized spacial score (nSPS) is 17.7. The Hall–Kier alpha value is -3.39. The zero-order chi connectivity index (χ0) is 21.9. The zero-order valence-electron chi connectivity index (χ0n) is 18.1. The van der Waals surface area contributed by atoms with Crippen LogP contribution >= 0.6 is 0 Å². The van der Waals surface area contributed by atoms with Crippen molar-refractivity contribution in [2.24, 2.45) is 0 Å². The van der Waals surface area contributed by atoms with Crippen LogP contribution in [0.3, 0.4) is 0 Å². The number of amides is 2. The van der Waals surface area contributed by atoms with Crippen LogP contribution in [0.2, 0.25) is 0 Å². The van der Waals surface area contributed by atoms with Gasteiger partial charge in [0.05, 0.1) is 6.54 Å². The Morgan fingerprint density at radius 3 is 2.28 bits per heavy atom. The number of aromatic amines is 1. The monoisotopic (exact) mass is 432 g/mol. The van der Waals surface area contributed by atoms with Gasteiger partial charge in [-0.25, -0.2) is 4.98 Å². The molecule has 0 saturated carbocycles. The van der Waals surface area contributed by atoms with Crippen LogP contribution in [0.25, 0.3) is 10.9 Å². The van der Waals surface area contributed by atoms with Gasteiger partial charge in [0.25, 0.3) is 5.91 Å². The number of fused-ring (bicyclic) bond motifs is 1. The lowest BCUT2D eigenvalue weighted by molar-refractivity contribution is -0.133. The van der Waals surface area contributed by atoms with Gasteiger partial charge < -0.3 is 19.7 Å². The third-order valence-corrected chi connectivity index (χ3v) is 6.38. The number of nitrogens with one attached hydrogen (secondary N) is 1. The molecule has 0 spiro atoms. The zero-order valence-corrected chi connectivity index (χ0v) is 18.1. The molecule has 0 aliphatic carbocycles. The maximum absolute atomic E-state index is 12.9. The van der Waals surface area contributed by atoms with Gasteiger partial charge in [-0.1, -0.05) is 24.3 Å². The molecule has 8 heteroatoms. The number of nitrogens with zero attached hydrogens (tertiary/aromatic N) is 5. The van der Waals surface area contributed by atoms with E-state index in [2.05, 4.69) is 19.8 Å². The van der Waals surface area contributed by atoms with Gasteiger partial charge in [-0.3, -0.25) is 14.5 Å². The summed E-state index contributed by atoms with van der Waals surface area (Å²) in [6, 6.07) is 15.7. The average molecular weight is 433 g/mol. The molecule has 2 saturated heterocycles. The van der Waals surface area contributed by atoms with E-state index >= 15 is 0 Å². The number of pyridine rings is 1. The van der Waals surface area contributed by atoms with E-state index in [0.717, 1.165) is 29.8 Å². The second kappa shape index (κ2) is 9.00. The number of para-hydroxylation sites is 1. The second-order valence-corrected chi connectivity index (χ2v) is 8.39. The molecule has 2 aromatic heterocycles. The minimum atomic E-state index is 0.0258. The third kappa shape index (κ3) is 4.31. The van der Waals surface area contributed by atoms with Crippen molar-refractivity contribution in [3.8, 4) is 0 Å². The highest BCUT2D eigenvalue weighted by Gasteiger charge is 2.27. The smallest absolute Gasteiger partial charge is 0.270 e. The first kappa shape index (κ1) is 20.5. The highest BCUT2D eigenvalue weighted by molar-refractivity contribution is 5.98. The molecule has 2 fully saturated rings. The van der Waals surface area contributed by atoms with Gasteiger partial charge >= 0.3 is 0 Å². The molecule has 1 N–H and O–H groups in total. The molecule has 3 aromatic rings. The summed E-state index contributed by atoms with van der Waals surface area (Å²) in [4.78, 5) is 41.5. The number of carbonyl (C=O) groups excluding carboxylic acids is 2. The first-order chi connectivity index (χ1) is 15.7. The second-order valence-electron chi connectivity index (χ2n) is 8.39. The number of piperazine rings is 2. The summed E-state index contributed by atoms with van der Waals surface area (Å²) in [7, 11) is 0. The van der Waals surface area contributed by atoms with E-state index < -0.39 is 0 Å². The molecule has 0 atom stereocenters. The molecule has 0 bridgehead atoms. The largest absolute Gasteiger partial charge is 0.353 e. The molecule has 1 aromatic carbocycles. The molecular formula is C24H28N6O2. The van der Waals surface area contributed by atoms with E-state index in [-0.39, 0.29) is 11.8 Å². The number of benzene rings is 1. The third-order valence-electron chi connectivity index (χ3n) is 6.38. The Labute approximate surface area is 187 Å². The summed E-state index contributed by atoms with van der Waals surface area (Å²) in [6.07, 6.45) is 1.80. The highest BCUT2D eigenvalue weighted by Crippen LogP contribution is 2.17. The number of rotatable bonds is 4. The van der Waals surface area contributed by atoms with Crippen molar-refractivity contribution in [3.63, 3.8) is 0 Å². The quantitative estimate of drug-likeness (QED) is 0.679. The summed E-state index contributed by atoms with van der Waals surface area (Å²) in [5, 5.41) is 1.04. The molecule has 4 heterocycles. The van der Waals surface area contributed by atoms with Crippen LogP contribution < -0.4 is 4.90 Å². The number of anilines is 1. The Morgan fingerprint density at radius 2 is 1.56 bits per heavy atom. The minimum Gasteiger partial charge on any atom is -0.353 e. The van der Waals surface area contributed by atoms with Gasteiger partial charge in [0, 0.05) is 69.5 Å². The Kier molecular flexibility index (Phi) is 5.77. The van der Waals surface area contributed by atoms with E-state index in [9.17, 15) is 9.59 Å². The highest BCUT2D eigenvalue weighted by atomic mass is 16.2. The van der Waals surface area contributed by atoms with Crippen LogP contribution in [0, 0.1) is 0 Å². The molecule has 8 nitrogen and oxygen atoms in total. The van der Waals surface area contributed by atoms with Crippen molar-refractivity contribution in [1.29, 1.82) is 0 Å². The lowest BCUT2D eigenvalue weighted by Gasteiger charge is -2.38. The van der Waals surface area contributed by atoms with Crippen molar-refractivity contribution in [2.45, 2.75) is 0 Å². The molecule has 2 amide bonds. The van der Waals surface area contributed by atoms with Crippen LogP contribution in [0.15, 0.2) is 54.7 Å². The van der Waals surface area contributed by atoms with E-state index in [1.165, 1.54) is 0 Å². The van der Waals surface area contributed by atoms with Gasteiger partial charge in [-0.15, -0.1) is 0 Å². The fourth-order valence-electron chi connectivity index (χ4n) is 4.49. The van der Waals surface area contributed by atoms with Crippen molar-refractivity contribution >= 4 is 28.5 Å². The lowest BCUT2D eigenvalue weighted by Crippen LogP contribution is -2.54. The van der Waals surface area contributed by atoms with Crippen molar-refractivity contribution < 1.29 is 9.59 Å². The van der Waals surface area contributed by atoms with E-state index in [1.54, 1.807) is 6.20 Å². The van der Waals surface area contributed by atoms with Crippen LogP contribution in [0.4, 0.5) is 5.82 Å². The molecule has 2 aliphatic heterocycles. The van der Waals surface area contributed by atoms with Crippen LogP contribution in [0.1, 0.15) is 10.5 Å². The van der Waals surface area contributed by atoms with Crippen LogP contribution in [-0.2, 0) is 4.79 Å². The van der Waals surface area contributed by atoms with Crippen LogP contribution in [-0.4, -0.2) is 95.4 Å². The predicted molar refractivity (Wildman–Crippen MR) is 124 cm³/mol. The van der Waals surface area contributed by atoms with Gasteiger partial charge in [0.2, 0.25) is 5.91 Å². The van der Waals surface area contributed by atoms with Gasteiger partial charge in [-0.2, -0.15) is 0 Å². The summed E-state index contributed by atoms with van der Waals surface area (Å²) in [5.74, 6) is 1.16. The van der Waals surface area contributed by atoms with E-state index in [4.69, 9.17) is 0 Å². The first-order valence-electron chi connectivity index (χ1n) is 11.2. The van der Waals surface area contributed by atoms with Crippen molar-refractivity contribution in [1.82, 2.24) is 24.7 Å². The summed E-state index contributed by atoms with van der Waals surface area (Å²) < 4.78 is 0. The molecule has 5 rings (SSSR count). The molecule has 0 unspecified atom stereocenters. The minimum absolute atomic E-state index is 0.0258. The van der Waals surface area contributed by atoms with Crippen molar-refractivity contribution in [2.75, 3.05) is 63.8 Å². The SMILES string of the molecule is O=C(CN1CCN(C(=O)c2cc3ccccc3[nH]2)CC1)N1CCN(c2ccccn2)CC1. The summed E-state index contributed by atoms with van der Waals surface area (Å²) in [6.45, 7) is 6.15. The predicted octanol–water partition coefficient (Wildman–Crippen LogP) is 1.67. The number of carbonyl (C=O) groups is 2. The Bertz CT molecular complexity index is 1050. The van der Waals surface area contributed by atoms with E-state index in [0.29, 0.717) is 51.5 Å². The average Bonchev–Trinajstić information content (AvgIpc) is 3.29. The van der Waals surface area contributed by atoms with Gasteiger partial charge in [0.1, 0.15) is 11.5 Å². The summed E-state index contributed by atoms with van der Waals surface area (Å²) in [5.41, 5.74) is 1.60. The Balaban J connectivity index is 1.09. The van der Waals surface area contributed by atoms with Crippen LogP contribution in [0.5, 0.6) is 0 Å². The Morgan fingerprint density at radius 1 is 0.844 bits per heavy atom. The van der Waals surface area contributed by atoms with E-state index in [1.807, 2.05) is 58.3 Å². The number of hydrogen-bond acceptors (Lipinski definition) is 5. The molecular weight excluding hydrogens is 404 g/mol. The first-order valence-corrected chi connectivity index (χ1v) is 11.2.